The van der Waals surface area contributed by atoms with Gasteiger partial charge in [-0.15, -0.1) is 0 Å². The van der Waals surface area contributed by atoms with Crippen molar-refractivity contribution in [3.05, 3.63) is 77.1 Å². The van der Waals surface area contributed by atoms with E-state index in [9.17, 15) is 4.79 Å². The Hall–Kier alpha value is -2.79. The van der Waals surface area contributed by atoms with Crippen LogP contribution in [0, 0.1) is 0 Å². The number of amides is 1. The van der Waals surface area contributed by atoms with Gasteiger partial charge in [-0.3, -0.25) is 4.79 Å². The largest absolute Gasteiger partial charge is 0.497 e. The maximum absolute atomic E-state index is 12.8. The van der Waals surface area contributed by atoms with Crippen LogP contribution >= 0.6 is 11.6 Å². The number of carbonyl (C=O) groups is 1. The molecule has 134 valence electrons. The van der Waals surface area contributed by atoms with Gasteiger partial charge in [0.05, 0.1) is 30.6 Å². The fourth-order valence-electron chi connectivity index (χ4n) is 2.68. The molecular weight excluding hydrogens is 350 g/mol. The Bertz CT molecular complexity index is 905. The fraction of sp³-hybridized carbons (Fsp3) is 0.200. The van der Waals surface area contributed by atoms with E-state index in [4.69, 9.17) is 16.3 Å². The van der Waals surface area contributed by atoms with Gasteiger partial charge < -0.3 is 9.64 Å². The standard InChI is InChI=1S/C20H20ClN3O2/c1-14(15-7-9-19(26-3)10-8-15)23(2)20(25)16-12-22-24(13-16)18-6-4-5-17(21)11-18/h4-14H,1-3H3. The molecule has 1 unspecified atom stereocenters. The van der Waals surface area contributed by atoms with Crippen molar-refractivity contribution < 1.29 is 9.53 Å². The molecule has 0 aliphatic carbocycles. The minimum Gasteiger partial charge on any atom is -0.497 e. The number of hydrogen-bond donors (Lipinski definition) is 0. The molecule has 0 saturated heterocycles. The second-order valence-corrected chi connectivity index (χ2v) is 6.46. The zero-order valence-electron chi connectivity index (χ0n) is 14.9. The molecule has 3 aromatic rings. The van der Waals surface area contributed by atoms with Gasteiger partial charge in [-0.25, -0.2) is 4.68 Å². The summed E-state index contributed by atoms with van der Waals surface area (Å²) in [5.41, 5.74) is 2.36. The van der Waals surface area contributed by atoms with Crippen LogP contribution in [0.25, 0.3) is 5.69 Å². The molecule has 0 saturated carbocycles. The predicted octanol–water partition coefficient (Wildman–Crippen LogP) is 4.37. The van der Waals surface area contributed by atoms with Gasteiger partial charge in [0, 0.05) is 18.3 Å². The first-order valence-electron chi connectivity index (χ1n) is 8.21. The molecule has 1 atom stereocenters. The lowest BCUT2D eigenvalue weighted by atomic mass is 10.1. The van der Waals surface area contributed by atoms with Crippen molar-refractivity contribution in [3.63, 3.8) is 0 Å². The Labute approximate surface area is 157 Å². The van der Waals surface area contributed by atoms with Gasteiger partial charge in [0.1, 0.15) is 5.75 Å². The molecule has 6 heteroatoms. The number of benzene rings is 2. The molecule has 0 fully saturated rings. The zero-order valence-corrected chi connectivity index (χ0v) is 15.6. The van der Waals surface area contributed by atoms with Crippen molar-refractivity contribution in [2.24, 2.45) is 0 Å². The Morgan fingerprint density at radius 1 is 1.23 bits per heavy atom. The maximum Gasteiger partial charge on any atom is 0.257 e. The Kier molecular flexibility index (Phi) is 5.28. The fourth-order valence-corrected chi connectivity index (χ4v) is 2.86. The number of halogens is 1. The molecule has 0 radical (unpaired) electrons. The van der Waals surface area contributed by atoms with Crippen LogP contribution in [0.15, 0.2) is 60.9 Å². The average molecular weight is 370 g/mol. The molecule has 0 N–H and O–H groups in total. The summed E-state index contributed by atoms with van der Waals surface area (Å²) >= 11 is 6.02. The highest BCUT2D eigenvalue weighted by Gasteiger charge is 2.20. The summed E-state index contributed by atoms with van der Waals surface area (Å²) in [6.07, 6.45) is 3.28. The van der Waals surface area contributed by atoms with Crippen molar-refractivity contribution in [1.29, 1.82) is 0 Å². The monoisotopic (exact) mass is 369 g/mol. The van der Waals surface area contributed by atoms with Gasteiger partial charge in [0.15, 0.2) is 0 Å². The van der Waals surface area contributed by atoms with E-state index in [1.807, 2.05) is 43.3 Å². The van der Waals surface area contributed by atoms with Crippen molar-refractivity contribution in [1.82, 2.24) is 14.7 Å². The summed E-state index contributed by atoms with van der Waals surface area (Å²) < 4.78 is 6.82. The molecule has 0 aliphatic rings. The lowest BCUT2D eigenvalue weighted by molar-refractivity contribution is 0.0742. The van der Waals surface area contributed by atoms with Crippen LogP contribution in [-0.2, 0) is 0 Å². The minimum absolute atomic E-state index is 0.0806. The van der Waals surface area contributed by atoms with E-state index in [1.54, 1.807) is 48.3 Å². The Morgan fingerprint density at radius 2 is 1.96 bits per heavy atom. The predicted molar refractivity (Wildman–Crippen MR) is 102 cm³/mol. The van der Waals surface area contributed by atoms with Crippen LogP contribution in [-0.4, -0.2) is 34.7 Å². The SMILES string of the molecule is COc1ccc(C(C)N(C)C(=O)c2cnn(-c3cccc(Cl)c3)c2)cc1. The first-order chi connectivity index (χ1) is 12.5. The van der Waals surface area contributed by atoms with E-state index in [2.05, 4.69) is 5.10 Å². The third-order valence-corrected chi connectivity index (χ3v) is 4.64. The van der Waals surface area contributed by atoms with Gasteiger partial charge in [-0.05, 0) is 42.8 Å². The van der Waals surface area contributed by atoms with Crippen molar-refractivity contribution in [3.8, 4) is 11.4 Å². The summed E-state index contributed by atoms with van der Waals surface area (Å²) in [4.78, 5) is 14.5. The summed E-state index contributed by atoms with van der Waals surface area (Å²) in [6, 6.07) is 14.9. The molecular formula is C20H20ClN3O2. The topological polar surface area (TPSA) is 47.4 Å². The third-order valence-electron chi connectivity index (χ3n) is 4.40. The highest BCUT2D eigenvalue weighted by atomic mass is 35.5. The van der Waals surface area contributed by atoms with Gasteiger partial charge in [0.2, 0.25) is 0 Å². The number of aromatic nitrogens is 2. The first-order valence-corrected chi connectivity index (χ1v) is 8.59. The molecule has 5 nitrogen and oxygen atoms in total. The third kappa shape index (κ3) is 3.73. The summed E-state index contributed by atoms with van der Waals surface area (Å²) in [5, 5.41) is 4.90. The minimum atomic E-state index is -0.0957. The van der Waals surface area contributed by atoms with Crippen LogP contribution in [0.2, 0.25) is 5.02 Å². The summed E-state index contributed by atoms with van der Waals surface area (Å²) in [6.45, 7) is 1.99. The first kappa shape index (κ1) is 18.0. The van der Waals surface area contributed by atoms with Gasteiger partial charge in [0.25, 0.3) is 5.91 Å². The Balaban J connectivity index is 1.77. The molecule has 1 amide bonds. The van der Waals surface area contributed by atoms with E-state index in [0.29, 0.717) is 10.6 Å². The van der Waals surface area contributed by atoms with E-state index in [1.165, 1.54) is 0 Å². The average Bonchev–Trinajstić information content (AvgIpc) is 3.16. The van der Waals surface area contributed by atoms with Crippen molar-refractivity contribution in [2.75, 3.05) is 14.2 Å². The lowest BCUT2D eigenvalue weighted by Crippen LogP contribution is -2.29. The van der Waals surface area contributed by atoms with Crippen molar-refractivity contribution >= 4 is 17.5 Å². The second kappa shape index (κ2) is 7.62. The summed E-state index contributed by atoms with van der Waals surface area (Å²) in [7, 11) is 3.42. The molecule has 3 rings (SSSR count). The quantitative estimate of drug-likeness (QED) is 0.671. The lowest BCUT2D eigenvalue weighted by Gasteiger charge is -2.25. The maximum atomic E-state index is 12.8. The van der Waals surface area contributed by atoms with Crippen LogP contribution in [0.1, 0.15) is 28.9 Å². The van der Waals surface area contributed by atoms with Crippen LogP contribution < -0.4 is 4.74 Å². The van der Waals surface area contributed by atoms with Gasteiger partial charge in [-0.1, -0.05) is 29.8 Å². The van der Waals surface area contributed by atoms with Crippen molar-refractivity contribution in [2.45, 2.75) is 13.0 Å². The molecule has 2 aromatic carbocycles. The van der Waals surface area contributed by atoms with Gasteiger partial charge in [-0.2, -0.15) is 5.10 Å². The number of methoxy groups -OCH3 is 1. The van der Waals surface area contributed by atoms with Crippen LogP contribution in [0.3, 0.4) is 0 Å². The highest BCUT2D eigenvalue weighted by molar-refractivity contribution is 6.30. The van der Waals surface area contributed by atoms with E-state index >= 15 is 0 Å². The second-order valence-electron chi connectivity index (χ2n) is 6.02. The molecule has 26 heavy (non-hydrogen) atoms. The van der Waals surface area contributed by atoms with E-state index in [0.717, 1.165) is 17.0 Å². The number of hydrogen-bond acceptors (Lipinski definition) is 3. The summed E-state index contributed by atoms with van der Waals surface area (Å²) in [5.74, 6) is 0.694. The molecule has 0 spiro atoms. The molecule has 1 heterocycles. The zero-order chi connectivity index (χ0) is 18.7. The normalized spacial score (nSPS) is 11.8. The smallest absolute Gasteiger partial charge is 0.257 e. The van der Waals surface area contributed by atoms with Gasteiger partial charge >= 0.3 is 0 Å². The van der Waals surface area contributed by atoms with E-state index < -0.39 is 0 Å². The molecule has 0 bridgehead atoms. The van der Waals surface area contributed by atoms with E-state index in [-0.39, 0.29) is 11.9 Å². The number of rotatable bonds is 5. The molecule has 1 aromatic heterocycles. The number of ether oxygens (including phenoxy) is 1. The Morgan fingerprint density at radius 3 is 2.62 bits per heavy atom. The van der Waals surface area contributed by atoms with Crippen LogP contribution in [0.4, 0.5) is 0 Å². The highest BCUT2D eigenvalue weighted by Crippen LogP contribution is 2.23. The van der Waals surface area contributed by atoms with Crippen LogP contribution in [0.5, 0.6) is 5.75 Å². The molecule has 0 aliphatic heterocycles. The number of carbonyl (C=O) groups excluding carboxylic acids is 1. The number of nitrogens with zero attached hydrogens (tertiary/aromatic N) is 3.